The van der Waals surface area contributed by atoms with Gasteiger partial charge in [-0.3, -0.25) is 9.36 Å². The van der Waals surface area contributed by atoms with E-state index in [0.29, 0.717) is 17.5 Å². The first-order valence-corrected chi connectivity index (χ1v) is 11.9. The molecule has 3 heterocycles. The molecule has 0 saturated carbocycles. The number of halogens is 1. The molecule has 2 aromatic heterocycles. The number of aromatic nitrogens is 3. The van der Waals surface area contributed by atoms with Gasteiger partial charge in [0.2, 0.25) is 5.91 Å². The fourth-order valence-electron chi connectivity index (χ4n) is 3.60. The van der Waals surface area contributed by atoms with E-state index in [0.717, 1.165) is 19.4 Å². The minimum Gasteiger partial charge on any atom is -0.483 e. The molecular formula is C22H23FN4O2S2. The Morgan fingerprint density at radius 3 is 2.97 bits per heavy atom. The molecule has 1 aliphatic heterocycles. The molecule has 31 heavy (non-hydrogen) atoms. The summed E-state index contributed by atoms with van der Waals surface area (Å²) in [4.78, 5) is 16.1. The normalized spacial score (nSPS) is 15.9. The average Bonchev–Trinajstić information content (AvgIpc) is 3.53. The van der Waals surface area contributed by atoms with Crippen LogP contribution in [0.25, 0.3) is 0 Å². The van der Waals surface area contributed by atoms with Gasteiger partial charge in [0, 0.05) is 18.0 Å². The highest BCUT2D eigenvalue weighted by atomic mass is 32.2. The Morgan fingerprint density at radius 1 is 1.32 bits per heavy atom. The Hall–Kier alpha value is -2.65. The molecular weight excluding hydrogens is 435 g/mol. The Kier molecular flexibility index (Phi) is 7.03. The summed E-state index contributed by atoms with van der Waals surface area (Å²) in [6.45, 7) is 5.11. The molecule has 1 aromatic carbocycles. The summed E-state index contributed by atoms with van der Waals surface area (Å²) < 4.78 is 21.2. The molecule has 0 spiro atoms. The van der Waals surface area contributed by atoms with Gasteiger partial charge in [-0.1, -0.05) is 36.0 Å². The van der Waals surface area contributed by atoms with Crippen LogP contribution in [-0.2, 0) is 17.9 Å². The van der Waals surface area contributed by atoms with Crippen LogP contribution in [0.4, 0.5) is 4.39 Å². The Labute approximate surface area is 188 Å². The number of nitrogens with zero attached hydrogens (tertiary/aromatic N) is 4. The van der Waals surface area contributed by atoms with Crippen molar-refractivity contribution in [1.29, 1.82) is 0 Å². The fraction of sp³-hybridized carbons (Fsp3) is 0.318. The summed E-state index contributed by atoms with van der Waals surface area (Å²) in [6, 6.07) is 10.5. The van der Waals surface area contributed by atoms with Crippen LogP contribution in [-0.4, -0.2) is 37.9 Å². The first kappa shape index (κ1) is 21.6. The van der Waals surface area contributed by atoms with E-state index in [1.54, 1.807) is 35.6 Å². The minimum atomic E-state index is -0.427. The van der Waals surface area contributed by atoms with Gasteiger partial charge in [0.05, 0.1) is 11.8 Å². The van der Waals surface area contributed by atoms with Crippen LogP contribution in [0.15, 0.2) is 59.6 Å². The molecule has 1 unspecified atom stereocenters. The van der Waals surface area contributed by atoms with E-state index in [2.05, 4.69) is 22.8 Å². The van der Waals surface area contributed by atoms with Crippen LogP contribution in [0, 0.1) is 5.82 Å². The van der Waals surface area contributed by atoms with Crippen molar-refractivity contribution in [2.75, 3.05) is 12.3 Å². The van der Waals surface area contributed by atoms with Gasteiger partial charge in [-0.15, -0.1) is 28.1 Å². The summed E-state index contributed by atoms with van der Waals surface area (Å²) in [5, 5.41) is 11.1. The second-order valence-corrected chi connectivity index (χ2v) is 8.99. The second-order valence-electron chi connectivity index (χ2n) is 7.07. The van der Waals surface area contributed by atoms with E-state index in [1.165, 1.54) is 22.7 Å². The van der Waals surface area contributed by atoms with Crippen LogP contribution >= 0.6 is 23.1 Å². The summed E-state index contributed by atoms with van der Waals surface area (Å²) in [5.41, 5.74) is 0. The van der Waals surface area contributed by atoms with Crippen LogP contribution in [0.2, 0.25) is 0 Å². The first-order valence-electron chi connectivity index (χ1n) is 10.0. The predicted molar refractivity (Wildman–Crippen MR) is 120 cm³/mol. The van der Waals surface area contributed by atoms with Crippen LogP contribution in [0.5, 0.6) is 5.75 Å². The minimum absolute atomic E-state index is 0.0723. The molecule has 3 aromatic rings. The maximum atomic E-state index is 13.8. The van der Waals surface area contributed by atoms with Crippen LogP contribution in [0.3, 0.4) is 0 Å². The molecule has 0 radical (unpaired) electrons. The van der Waals surface area contributed by atoms with E-state index in [9.17, 15) is 9.18 Å². The van der Waals surface area contributed by atoms with E-state index in [4.69, 9.17) is 4.74 Å². The number of carbonyl (C=O) groups excluding carboxylic acids is 1. The number of benzene rings is 1. The second kappa shape index (κ2) is 10.1. The van der Waals surface area contributed by atoms with Gasteiger partial charge < -0.3 is 9.64 Å². The molecule has 0 N–H and O–H groups in total. The smallest absolute Gasteiger partial charge is 0.233 e. The van der Waals surface area contributed by atoms with Crippen molar-refractivity contribution in [2.24, 2.45) is 0 Å². The van der Waals surface area contributed by atoms with Crippen molar-refractivity contribution in [2.45, 2.75) is 37.2 Å². The maximum absolute atomic E-state index is 13.8. The van der Waals surface area contributed by atoms with E-state index >= 15 is 0 Å². The zero-order valence-corrected chi connectivity index (χ0v) is 18.6. The highest BCUT2D eigenvalue weighted by Crippen LogP contribution is 2.35. The number of carbonyl (C=O) groups is 1. The Balaban J connectivity index is 1.40. The van der Waals surface area contributed by atoms with Crippen LogP contribution in [0.1, 0.15) is 29.6 Å². The number of para-hydroxylation sites is 1. The number of hydrogen-bond donors (Lipinski definition) is 0. The predicted octanol–water partition coefficient (Wildman–Crippen LogP) is 4.70. The van der Waals surface area contributed by atoms with Crippen molar-refractivity contribution in [3.8, 4) is 5.75 Å². The average molecular weight is 459 g/mol. The van der Waals surface area contributed by atoms with Crippen molar-refractivity contribution in [3.05, 3.63) is 71.0 Å². The SMILES string of the molecule is C=CCn1c(COc2ccccc2F)nnc1SCC(=O)N1CCCC1c1cccs1. The lowest BCUT2D eigenvalue weighted by atomic mass is 10.2. The summed E-state index contributed by atoms with van der Waals surface area (Å²) in [5.74, 6) is 0.664. The van der Waals surface area contributed by atoms with Crippen molar-refractivity contribution in [1.82, 2.24) is 19.7 Å². The van der Waals surface area contributed by atoms with Crippen molar-refractivity contribution in [3.63, 3.8) is 0 Å². The Bertz CT molecular complexity index is 1040. The summed E-state index contributed by atoms with van der Waals surface area (Å²) >= 11 is 3.04. The molecule has 1 atom stereocenters. The molecule has 1 saturated heterocycles. The van der Waals surface area contributed by atoms with Gasteiger partial charge >= 0.3 is 0 Å². The van der Waals surface area contributed by atoms with Gasteiger partial charge in [-0.2, -0.15) is 0 Å². The highest BCUT2D eigenvalue weighted by Gasteiger charge is 2.30. The van der Waals surface area contributed by atoms with Crippen molar-refractivity contribution >= 4 is 29.0 Å². The van der Waals surface area contributed by atoms with Gasteiger partial charge in [-0.05, 0) is 36.4 Å². The number of rotatable bonds is 9. The van der Waals surface area contributed by atoms with E-state index < -0.39 is 5.82 Å². The first-order chi connectivity index (χ1) is 15.2. The summed E-state index contributed by atoms with van der Waals surface area (Å²) in [7, 11) is 0. The topological polar surface area (TPSA) is 60.2 Å². The number of amides is 1. The van der Waals surface area contributed by atoms with E-state index in [1.807, 2.05) is 20.9 Å². The summed E-state index contributed by atoms with van der Waals surface area (Å²) in [6.07, 6.45) is 3.75. The van der Waals surface area contributed by atoms with Crippen molar-refractivity contribution < 1.29 is 13.9 Å². The third-order valence-electron chi connectivity index (χ3n) is 5.07. The van der Waals surface area contributed by atoms with E-state index in [-0.39, 0.29) is 30.1 Å². The molecule has 1 amide bonds. The fourth-order valence-corrected chi connectivity index (χ4v) is 5.33. The molecule has 0 aliphatic carbocycles. The maximum Gasteiger partial charge on any atom is 0.233 e. The zero-order valence-electron chi connectivity index (χ0n) is 16.9. The lowest BCUT2D eigenvalue weighted by Gasteiger charge is -2.23. The Morgan fingerprint density at radius 2 is 2.19 bits per heavy atom. The highest BCUT2D eigenvalue weighted by molar-refractivity contribution is 7.99. The standard InChI is InChI=1S/C22H23FN4O2S2/c1-2-11-27-20(14-29-18-9-4-3-7-16(18)23)24-25-22(27)31-15-21(28)26-12-5-8-17(26)19-10-6-13-30-19/h2-4,6-7,9-10,13,17H,1,5,8,11-12,14-15H2. The van der Waals surface area contributed by atoms with Gasteiger partial charge in [0.25, 0.3) is 0 Å². The van der Waals surface area contributed by atoms with Gasteiger partial charge in [-0.25, -0.2) is 4.39 Å². The number of hydrogen-bond acceptors (Lipinski definition) is 6. The molecule has 4 rings (SSSR count). The zero-order chi connectivity index (χ0) is 21.6. The lowest BCUT2D eigenvalue weighted by Crippen LogP contribution is -2.31. The number of thioether (sulfide) groups is 1. The number of thiophene rings is 1. The number of likely N-dealkylation sites (tertiary alicyclic amines) is 1. The largest absolute Gasteiger partial charge is 0.483 e. The molecule has 9 heteroatoms. The third kappa shape index (κ3) is 4.99. The lowest BCUT2D eigenvalue weighted by molar-refractivity contribution is -0.129. The van der Waals surface area contributed by atoms with Gasteiger partial charge in [0.1, 0.15) is 6.61 Å². The molecule has 1 fully saturated rings. The molecule has 1 aliphatic rings. The molecule has 0 bridgehead atoms. The van der Waals surface area contributed by atoms with Gasteiger partial charge in [0.15, 0.2) is 22.5 Å². The number of allylic oxidation sites excluding steroid dienone is 1. The number of ether oxygens (including phenoxy) is 1. The molecule has 162 valence electrons. The van der Waals surface area contributed by atoms with Crippen LogP contribution < -0.4 is 4.74 Å². The monoisotopic (exact) mass is 458 g/mol. The third-order valence-corrected chi connectivity index (χ3v) is 6.99. The molecule has 6 nitrogen and oxygen atoms in total. The quantitative estimate of drug-likeness (QED) is 0.344.